The predicted octanol–water partition coefficient (Wildman–Crippen LogP) is 17.6. The Kier molecular flexibility index (Phi) is 15.3. The van der Waals surface area contributed by atoms with E-state index in [1.165, 1.54) is 44.5 Å². The van der Waals surface area contributed by atoms with E-state index in [2.05, 4.69) is 227 Å². The van der Waals surface area contributed by atoms with Crippen molar-refractivity contribution in [1.29, 1.82) is 0 Å². The molecule has 0 spiro atoms. The molecule has 348 valence electrons. The minimum Gasteiger partial charge on any atom is -0.440 e. The molecule has 0 N–H and O–H groups in total. The zero-order chi connectivity index (χ0) is 48.1. The third-order valence-corrected chi connectivity index (χ3v) is 13.1. The fraction of sp³-hybridized carbons (Fsp3) is 0.579. The van der Waals surface area contributed by atoms with Crippen molar-refractivity contribution in [2.75, 3.05) is 0 Å². The Bertz CT molecular complexity index is 2070. The number of hydrogen-bond acceptors (Lipinski definition) is 4. The number of hydrogen-bond donors (Lipinski definition) is 0. The molecule has 0 aliphatic rings. The van der Waals surface area contributed by atoms with Crippen LogP contribution in [0.4, 0.5) is 0 Å². The van der Waals surface area contributed by atoms with Crippen molar-refractivity contribution < 1.29 is 18.1 Å². The summed E-state index contributed by atoms with van der Waals surface area (Å²) in [6.45, 7) is 54.5. The maximum atomic E-state index is 7.00. The average Bonchev–Trinajstić information content (AvgIpc) is 3.09. The Morgan fingerprint density at radius 3 is 0.825 bits per heavy atom. The van der Waals surface area contributed by atoms with Crippen LogP contribution >= 0.6 is 18.1 Å². The molecule has 6 heteroatoms. The summed E-state index contributed by atoms with van der Waals surface area (Å²) in [7, 11) is -0.481. The summed E-state index contributed by atoms with van der Waals surface area (Å²) in [5, 5.41) is 0. The molecule has 0 radical (unpaired) electrons. The highest BCUT2D eigenvalue weighted by Crippen LogP contribution is 2.47. The van der Waals surface area contributed by atoms with Gasteiger partial charge in [0.15, 0.2) is 0 Å². The van der Waals surface area contributed by atoms with E-state index in [-0.39, 0.29) is 61.4 Å². The fourth-order valence-electron chi connectivity index (χ4n) is 7.62. The summed E-state index contributed by atoms with van der Waals surface area (Å²) >= 11 is 0. The average molecular weight is 897 g/mol. The highest BCUT2D eigenvalue weighted by molar-refractivity contribution is 7.27. The van der Waals surface area contributed by atoms with Crippen molar-refractivity contribution in [3.63, 3.8) is 0 Å². The highest BCUT2D eigenvalue weighted by atomic mass is 31.1. The molecule has 0 saturated heterocycles. The SMILES string of the molecule is CC(C)(C)c1ccc(OPOc2c(Cc3cc(C(C)(C)C)cc(C(C)(C)C)c3OPOc3ccc(C(C)(C)C)cc3C(C)(C)C)cc(C(C)(C)C)cc2C(C)(C)C)c(C(C)(C)C)c1. The molecule has 0 amide bonds. The van der Waals surface area contributed by atoms with Gasteiger partial charge in [-0.05, 0) is 88.8 Å². The van der Waals surface area contributed by atoms with Gasteiger partial charge in [-0.25, -0.2) is 0 Å². The Labute approximate surface area is 389 Å². The first-order valence-electron chi connectivity index (χ1n) is 23.1. The molecule has 0 heterocycles. The van der Waals surface area contributed by atoms with Crippen molar-refractivity contribution in [2.45, 2.75) is 216 Å². The van der Waals surface area contributed by atoms with Crippen LogP contribution in [0.3, 0.4) is 0 Å². The maximum absolute atomic E-state index is 7.00. The van der Waals surface area contributed by atoms with E-state index in [0.29, 0.717) is 6.42 Å². The van der Waals surface area contributed by atoms with Gasteiger partial charge < -0.3 is 18.1 Å². The summed E-state index contributed by atoms with van der Waals surface area (Å²) < 4.78 is 27.3. The van der Waals surface area contributed by atoms with Crippen molar-refractivity contribution in [3.8, 4) is 23.0 Å². The van der Waals surface area contributed by atoms with E-state index in [1.807, 2.05) is 0 Å². The Balaban J connectivity index is 1.91. The lowest BCUT2D eigenvalue weighted by atomic mass is 9.76. The zero-order valence-electron chi connectivity index (χ0n) is 44.1. The molecule has 0 fully saturated rings. The van der Waals surface area contributed by atoms with Crippen LogP contribution in [0, 0.1) is 0 Å². The van der Waals surface area contributed by atoms with Crippen molar-refractivity contribution in [3.05, 3.63) is 116 Å². The molecule has 4 nitrogen and oxygen atoms in total. The van der Waals surface area contributed by atoms with Crippen LogP contribution in [-0.2, 0) is 49.7 Å². The summed E-state index contributed by atoms with van der Waals surface area (Å²) in [5.41, 5.74) is 11.4. The van der Waals surface area contributed by atoms with E-state index < -0.39 is 0 Å². The molecule has 0 aromatic heterocycles. The molecule has 63 heavy (non-hydrogen) atoms. The van der Waals surface area contributed by atoms with E-state index in [4.69, 9.17) is 18.1 Å². The standard InChI is InChI=1S/C57H86O4P2/c1-50(2,3)38-25-27-46(42(32-38)54(13,14)15)58-62-60-48-36(30-40(52(7,8)9)34-44(48)56(19,20)21)29-37-31-41(53(10,11)12)35-45(57(22,23)24)49(37)61-63-59-47-28-26-39(51(4,5)6)33-43(47)55(16,17)18/h25-28,30-35,62-63H,29H2,1-24H3. The lowest BCUT2D eigenvalue weighted by Gasteiger charge is -2.31. The summed E-state index contributed by atoms with van der Waals surface area (Å²) in [4.78, 5) is 0. The van der Waals surface area contributed by atoms with Gasteiger partial charge in [-0.15, -0.1) is 0 Å². The van der Waals surface area contributed by atoms with Gasteiger partial charge in [0, 0.05) is 28.7 Å². The lowest BCUT2D eigenvalue weighted by Crippen LogP contribution is -2.20. The number of benzene rings is 4. The van der Waals surface area contributed by atoms with Crippen molar-refractivity contribution >= 4 is 18.1 Å². The second kappa shape index (κ2) is 18.3. The molecule has 0 saturated carbocycles. The fourth-order valence-corrected chi connectivity index (χ4v) is 8.89. The van der Waals surface area contributed by atoms with Crippen LogP contribution in [-0.4, -0.2) is 0 Å². The molecule has 0 bridgehead atoms. The van der Waals surface area contributed by atoms with Crippen LogP contribution in [0.25, 0.3) is 0 Å². The minimum absolute atomic E-state index is 0.0298. The molecule has 2 unspecified atom stereocenters. The van der Waals surface area contributed by atoms with Crippen LogP contribution in [0.15, 0.2) is 60.7 Å². The van der Waals surface area contributed by atoms with Gasteiger partial charge in [0.1, 0.15) is 23.0 Å². The first kappa shape index (κ1) is 52.6. The van der Waals surface area contributed by atoms with Gasteiger partial charge in [0.25, 0.3) is 18.1 Å². The zero-order valence-corrected chi connectivity index (χ0v) is 46.1. The smallest absolute Gasteiger partial charge is 0.275 e. The highest BCUT2D eigenvalue weighted by Gasteiger charge is 2.32. The quantitative estimate of drug-likeness (QED) is 0.149. The van der Waals surface area contributed by atoms with Gasteiger partial charge in [-0.3, -0.25) is 0 Å². The largest absolute Gasteiger partial charge is 0.440 e. The number of rotatable bonds is 10. The van der Waals surface area contributed by atoms with Crippen LogP contribution in [0.1, 0.15) is 222 Å². The summed E-state index contributed by atoms with van der Waals surface area (Å²) in [5.74, 6) is 3.50. The van der Waals surface area contributed by atoms with E-state index in [0.717, 1.165) is 34.1 Å². The van der Waals surface area contributed by atoms with Crippen LogP contribution < -0.4 is 18.1 Å². The molecule has 4 aromatic rings. The molecular weight excluding hydrogens is 811 g/mol. The minimum atomic E-state index is -0.240. The first-order chi connectivity index (χ1) is 28.3. The van der Waals surface area contributed by atoms with Crippen molar-refractivity contribution in [2.24, 2.45) is 0 Å². The van der Waals surface area contributed by atoms with E-state index in [1.54, 1.807) is 0 Å². The normalized spacial score (nSPS) is 14.0. The van der Waals surface area contributed by atoms with Gasteiger partial charge in [0.2, 0.25) is 0 Å². The molecule has 0 aliphatic carbocycles. The Morgan fingerprint density at radius 1 is 0.302 bits per heavy atom. The lowest BCUT2D eigenvalue weighted by molar-refractivity contribution is 0.470. The molecular formula is C57H86O4P2. The summed E-state index contributed by atoms with van der Waals surface area (Å²) in [6.07, 6.45) is 0.612. The second-order valence-corrected chi connectivity index (χ2v) is 27.3. The van der Waals surface area contributed by atoms with E-state index >= 15 is 0 Å². The first-order valence-corrected chi connectivity index (χ1v) is 24.8. The van der Waals surface area contributed by atoms with Gasteiger partial charge in [0.05, 0.1) is 0 Å². The Hall–Kier alpha value is -3.06. The van der Waals surface area contributed by atoms with Gasteiger partial charge >= 0.3 is 0 Å². The topological polar surface area (TPSA) is 36.9 Å². The molecule has 4 aromatic carbocycles. The van der Waals surface area contributed by atoms with Gasteiger partial charge in [-0.2, -0.15) is 0 Å². The van der Waals surface area contributed by atoms with Gasteiger partial charge in [-0.1, -0.05) is 215 Å². The van der Waals surface area contributed by atoms with Crippen LogP contribution in [0.2, 0.25) is 0 Å². The van der Waals surface area contributed by atoms with Crippen molar-refractivity contribution in [1.82, 2.24) is 0 Å². The monoisotopic (exact) mass is 897 g/mol. The molecule has 0 aliphatic heterocycles. The maximum Gasteiger partial charge on any atom is 0.275 e. The molecule has 2 atom stereocenters. The second-order valence-electron chi connectivity index (χ2n) is 26.2. The summed E-state index contributed by atoms with van der Waals surface area (Å²) in [6, 6.07) is 22.7. The molecule has 4 rings (SSSR count). The van der Waals surface area contributed by atoms with E-state index in [9.17, 15) is 0 Å². The predicted molar refractivity (Wildman–Crippen MR) is 277 cm³/mol. The third kappa shape index (κ3) is 13.5. The van der Waals surface area contributed by atoms with Crippen LogP contribution in [0.5, 0.6) is 23.0 Å². The Morgan fingerprint density at radius 2 is 0.571 bits per heavy atom. The third-order valence-electron chi connectivity index (χ3n) is 12.0.